The Hall–Kier alpha value is -2.32. The number of aryl methyl sites for hydroxylation is 1. The van der Waals surface area contributed by atoms with E-state index >= 15 is 0 Å². The van der Waals surface area contributed by atoms with Gasteiger partial charge in [-0.25, -0.2) is 9.67 Å². The molecule has 0 radical (unpaired) electrons. The van der Waals surface area contributed by atoms with Crippen LogP contribution in [0.15, 0.2) is 30.6 Å². The number of benzene rings is 1. The molecule has 0 fully saturated rings. The van der Waals surface area contributed by atoms with Crippen molar-refractivity contribution in [1.82, 2.24) is 14.8 Å². The highest BCUT2D eigenvalue weighted by molar-refractivity contribution is 5.45. The molecule has 5 nitrogen and oxygen atoms in total. The van der Waals surface area contributed by atoms with Gasteiger partial charge in [-0.1, -0.05) is 30.9 Å². The van der Waals surface area contributed by atoms with E-state index in [1.165, 1.54) is 0 Å². The highest BCUT2D eigenvalue weighted by Gasteiger charge is 2.06. The fourth-order valence-electron chi connectivity index (χ4n) is 1.85. The summed E-state index contributed by atoms with van der Waals surface area (Å²) in [6.07, 6.45) is 3.00. The molecule has 110 valence electrons. The first-order valence-corrected chi connectivity index (χ1v) is 7.03. The summed E-state index contributed by atoms with van der Waals surface area (Å²) < 4.78 is 7.66. The Morgan fingerprint density at radius 3 is 3.00 bits per heavy atom. The van der Waals surface area contributed by atoms with E-state index in [1.807, 2.05) is 28.9 Å². The van der Waals surface area contributed by atoms with Gasteiger partial charge in [-0.2, -0.15) is 5.10 Å². The minimum atomic E-state index is 0.0656. The molecule has 0 spiro atoms. The first-order valence-electron chi connectivity index (χ1n) is 7.03. The topological polar surface area (TPSA) is 60.2 Å². The number of nitrogens with zero attached hydrogens (tertiary/aromatic N) is 3. The van der Waals surface area contributed by atoms with Crippen molar-refractivity contribution >= 4 is 0 Å². The van der Waals surface area contributed by atoms with Crippen molar-refractivity contribution < 1.29 is 9.84 Å². The van der Waals surface area contributed by atoms with E-state index in [2.05, 4.69) is 28.8 Å². The van der Waals surface area contributed by atoms with Crippen molar-refractivity contribution in [3.63, 3.8) is 0 Å². The van der Waals surface area contributed by atoms with Gasteiger partial charge in [-0.05, 0) is 18.6 Å². The standard InChI is InChI=1S/C16H19N3O2/c1-2-10-19-16(17-13-18-19)12-21-15-9-4-3-7-14(15)8-5-6-11-20/h3-4,7,9,13,20H,2,6,10-12H2,1H3. The minimum Gasteiger partial charge on any atom is -0.484 e. The quantitative estimate of drug-likeness (QED) is 0.825. The molecule has 0 saturated carbocycles. The lowest BCUT2D eigenvalue weighted by atomic mass is 10.2. The Balaban J connectivity index is 2.06. The first kappa shape index (κ1) is 15.1. The second kappa shape index (κ2) is 8.08. The largest absolute Gasteiger partial charge is 0.484 e. The highest BCUT2D eigenvalue weighted by atomic mass is 16.5. The van der Waals surface area contributed by atoms with E-state index in [0.29, 0.717) is 18.8 Å². The SMILES string of the molecule is CCCn1ncnc1COc1ccccc1C#CCCO. The predicted molar refractivity (Wildman–Crippen MR) is 79.7 cm³/mol. The van der Waals surface area contributed by atoms with Gasteiger partial charge in [0.25, 0.3) is 0 Å². The van der Waals surface area contributed by atoms with Gasteiger partial charge in [-0.3, -0.25) is 0 Å². The fraction of sp³-hybridized carbons (Fsp3) is 0.375. The van der Waals surface area contributed by atoms with Crippen LogP contribution < -0.4 is 4.74 Å². The lowest BCUT2D eigenvalue weighted by Crippen LogP contribution is -2.08. The molecular weight excluding hydrogens is 266 g/mol. The molecule has 0 aliphatic heterocycles. The molecule has 21 heavy (non-hydrogen) atoms. The number of rotatable bonds is 6. The van der Waals surface area contributed by atoms with Crippen molar-refractivity contribution in [2.45, 2.75) is 32.9 Å². The Morgan fingerprint density at radius 2 is 2.19 bits per heavy atom. The smallest absolute Gasteiger partial charge is 0.164 e. The summed E-state index contributed by atoms with van der Waals surface area (Å²) >= 11 is 0. The van der Waals surface area contributed by atoms with Gasteiger partial charge in [0, 0.05) is 13.0 Å². The van der Waals surface area contributed by atoms with Gasteiger partial charge >= 0.3 is 0 Å². The molecule has 1 aromatic carbocycles. The molecule has 0 aliphatic carbocycles. The predicted octanol–water partition coefficient (Wildman–Crippen LogP) is 2.00. The second-order valence-electron chi connectivity index (χ2n) is 4.46. The summed E-state index contributed by atoms with van der Waals surface area (Å²) in [5.41, 5.74) is 0.813. The van der Waals surface area contributed by atoms with Crippen molar-refractivity contribution in [1.29, 1.82) is 0 Å². The Kier molecular flexibility index (Phi) is 5.80. The van der Waals surface area contributed by atoms with E-state index in [9.17, 15) is 0 Å². The van der Waals surface area contributed by atoms with Gasteiger partial charge in [0.05, 0.1) is 12.2 Å². The minimum absolute atomic E-state index is 0.0656. The second-order valence-corrected chi connectivity index (χ2v) is 4.46. The van der Waals surface area contributed by atoms with E-state index in [0.717, 1.165) is 24.4 Å². The van der Waals surface area contributed by atoms with Crippen LogP contribution in [-0.4, -0.2) is 26.5 Å². The molecule has 2 rings (SSSR count). The van der Waals surface area contributed by atoms with Crippen LogP contribution in [0.3, 0.4) is 0 Å². The van der Waals surface area contributed by atoms with Crippen molar-refractivity contribution in [3.8, 4) is 17.6 Å². The number of aliphatic hydroxyl groups is 1. The number of hydrogen-bond acceptors (Lipinski definition) is 4. The summed E-state index contributed by atoms with van der Waals surface area (Å²) in [6, 6.07) is 7.60. The molecule has 1 aromatic heterocycles. The maximum Gasteiger partial charge on any atom is 0.164 e. The fourth-order valence-corrected chi connectivity index (χ4v) is 1.85. The lowest BCUT2D eigenvalue weighted by Gasteiger charge is -2.08. The molecule has 0 atom stereocenters. The zero-order chi connectivity index (χ0) is 14.9. The van der Waals surface area contributed by atoms with Crippen LogP contribution >= 0.6 is 0 Å². The molecular formula is C16H19N3O2. The zero-order valence-electron chi connectivity index (χ0n) is 12.1. The summed E-state index contributed by atoms with van der Waals surface area (Å²) in [4.78, 5) is 4.21. The monoisotopic (exact) mass is 285 g/mol. The molecule has 0 amide bonds. The maximum atomic E-state index is 8.77. The number of ether oxygens (including phenoxy) is 1. The third kappa shape index (κ3) is 4.33. The highest BCUT2D eigenvalue weighted by Crippen LogP contribution is 2.18. The normalized spacial score (nSPS) is 10.0. The van der Waals surface area contributed by atoms with Crippen LogP contribution in [0.25, 0.3) is 0 Å². The maximum absolute atomic E-state index is 8.77. The average Bonchev–Trinajstić information content (AvgIpc) is 2.94. The van der Waals surface area contributed by atoms with Crippen molar-refractivity contribution in [3.05, 3.63) is 42.0 Å². The number of hydrogen-bond donors (Lipinski definition) is 1. The van der Waals surface area contributed by atoms with Gasteiger partial charge in [0.2, 0.25) is 0 Å². The van der Waals surface area contributed by atoms with Gasteiger partial charge in [0.15, 0.2) is 5.82 Å². The molecule has 0 saturated heterocycles. The van der Waals surface area contributed by atoms with Crippen molar-refractivity contribution in [2.75, 3.05) is 6.61 Å². The summed E-state index contributed by atoms with van der Waals surface area (Å²) in [5.74, 6) is 7.43. The number of para-hydroxylation sites is 1. The molecule has 0 aliphatic rings. The van der Waals surface area contributed by atoms with Crippen LogP contribution in [0.4, 0.5) is 0 Å². The summed E-state index contributed by atoms with van der Waals surface area (Å²) in [6.45, 7) is 3.35. The van der Waals surface area contributed by atoms with Gasteiger partial charge < -0.3 is 9.84 Å². The van der Waals surface area contributed by atoms with E-state index < -0.39 is 0 Å². The Labute approximate surface area is 124 Å². The van der Waals surface area contributed by atoms with E-state index in [4.69, 9.17) is 9.84 Å². The average molecular weight is 285 g/mol. The van der Waals surface area contributed by atoms with Crippen molar-refractivity contribution in [2.24, 2.45) is 0 Å². The van der Waals surface area contributed by atoms with E-state index in [1.54, 1.807) is 6.33 Å². The third-order valence-electron chi connectivity index (χ3n) is 2.83. The Morgan fingerprint density at radius 1 is 1.33 bits per heavy atom. The summed E-state index contributed by atoms with van der Waals surface area (Å²) in [7, 11) is 0. The molecule has 1 N–H and O–H groups in total. The number of aromatic nitrogens is 3. The molecule has 5 heteroatoms. The van der Waals surface area contributed by atoms with Crippen LogP contribution in [0.5, 0.6) is 5.75 Å². The number of aliphatic hydroxyl groups excluding tert-OH is 1. The molecule has 2 aromatic rings. The third-order valence-corrected chi connectivity index (χ3v) is 2.83. The first-order chi connectivity index (χ1) is 10.3. The van der Waals surface area contributed by atoms with Gasteiger partial charge in [-0.15, -0.1) is 0 Å². The molecule has 0 bridgehead atoms. The van der Waals surface area contributed by atoms with Crippen LogP contribution in [-0.2, 0) is 13.2 Å². The van der Waals surface area contributed by atoms with Crippen LogP contribution in [0, 0.1) is 11.8 Å². The zero-order valence-corrected chi connectivity index (χ0v) is 12.1. The van der Waals surface area contributed by atoms with Crippen LogP contribution in [0.1, 0.15) is 31.2 Å². The van der Waals surface area contributed by atoms with E-state index in [-0.39, 0.29) is 6.61 Å². The lowest BCUT2D eigenvalue weighted by molar-refractivity contribution is 0.285. The Bertz CT molecular complexity index is 626. The van der Waals surface area contributed by atoms with Gasteiger partial charge in [0.1, 0.15) is 18.7 Å². The summed E-state index contributed by atoms with van der Waals surface area (Å²) in [5, 5.41) is 12.9. The van der Waals surface area contributed by atoms with Crippen LogP contribution in [0.2, 0.25) is 0 Å². The molecule has 0 unspecified atom stereocenters. The molecule has 1 heterocycles.